The number of hydrogen-bond acceptors (Lipinski definition) is 2. The van der Waals surface area contributed by atoms with Crippen molar-refractivity contribution in [3.8, 4) is 0 Å². The number of nitrogens with zero attached hydrogens (tertiary/aromatic N) is 1. The minimum atomic E-state index is -4.30. The molecule has 2 aliphatic carbocycles. The third-order valence-electron chi connectivity index (χ3n) is 4.64. The number of carbonyl (C=O) groups excluding carboxylic acids is 1. The van der Waals surface area contributed by atoms with Crippen molar-refractivity contribution in [2.75, 3.05) is 13.2 Å². The van der Waals surface area contributed by atoms with Gasteiger partial charge >= 0.3 is 6.18 Å². The van der Waals surface area contributed by atoms with E-state index in [0.717, 1.165) is 19.3 Å². The Labute approximate surface area is 117 Å². The Balaban J connectivity index is 2.10. The number of rotatable bonds is 4. The largest absolute Gasteiger partial charge is 0.395 e. The van der Waals surface area contributed by atoms with Crippen molar-refractivity contribution in [2.45, 2.75) is 57.2 Å². The molecule has 0 aromatic carbocycles. The molecule has 2 fully saturated rings. The van der Waals surface area contributed by atoms with Crippen LogP contribution in [0.4, 0.5) is 13.2 Å². The van der Waals surface area contributed by atoms with Crippen LogP contribution in [0.15, 0.2) is 0 Å². The monoisotopic (exact) mass is 293 g/mol. The van der Waals surface area contributed by atoms with Crippen LogP contribution in [0.3, 0.4) is 0 Å². The standard InChI is InChI=1S/C14H22F3NO2/c15-14(16,17)12-7-2-1-6-11(12)13(20)18(8-9-19)10-4-3-5-10/h10-12,19H,1-9H2. The minimum Gasteiger partial charge on any atom is -0.395 e. The topological polar surface area (TPSA) is 40.5 Å². The van der Waals surface area contributed by atoms with E-state index in [-0.39, 0.29) is 25.6 Å². The fraction of sp³-hybridized carbons (Fsp3) is 0.929. The molecule has 0 bridgehead atoms. The molecular weight excluding hydrogens is 271 g/mol. The van der Waals surface area contributed by atoms with Gasteiger partial charge in [0.25, 0.3) is 0 Å². The molecule has 2 atom stereocenters. The van der Waals surface area contributed by atoms with Crippen LogP contribution in [0.5, 0.6) is 0 Å². The number of halogens is 3. The van der Waals surface area contributed by atoms with Crippen molar-refractivity contribution in [3.05, 3.63) is 0 Å². The molecule has 6 heteroatoms. The van der Waals surface area contributed by atoms with Gasteiger partial charge in [-0.1, -0.05) is 12.8 Å². The molecule has 0 saturated heterocycles. The van der Waals surface area contributed by atoms with Crippen LogP contribution in [-0.4, -0.2) is 41.3 Å². The Morgan fingerprint density at radius 2 is 1.75 bits per heavy atom. The van der Waals surface area contributed by atoms with E-state index in [1.807, 2.05) is 0 Å². The lowest BCUT2D eigenvalue weighted by Crippen LogP contribution is -2.51. The third kappa shape index (κ3) is 3.27. The molecule has 2 rings (SSSR count). The molecule has 20 heavy (non-hydrogen) atoms. The molecule has 0 aliphatic heterocycles. The molecule has 0 aromatic rings. The van der Waals surface area contributed by atoms with Gasteiger partial charge in [-0.15, -0.1) is 0 Å². The zero-order valence-corrected chi connectivity index (χ0v) is 11.5. The van der Waals surface area contributed by atoms with Crippen LogP contribution in [0.1, 0.15) is 44.9 Å². The first-order chi connectivity index (χ1) is 9.45. The van der Waals surface area contributed by atoms with Gasteiger partial charge in [0.2, 0.25) is 5.91 Å². The summed E-state index contributed by atoms with van der Waals surface area (Å²) in [5.74, 6) is -2.85. The first kappa shape index (κ1) is 15.6. The van der Waals surface area contributed by atoms with E-state index in [0.29, 0.717) is 19.3 Å². The molecule has 0 heterocycles. The second kappa shape index (κ2) is 6.33. The maximum Gasteiger partial charge on any atom is 0.392 e. The van der Waals surface area contributed by atoms with Crippen molar-refractivity contribution >= 4 is 5.91 Å². The maximum absolute atomic E-state index is 13.1. The molecular formula is C14H22F3NO2. The second-order valence-corrected chi connectivity index (χ2v) is 5.88. The molecule has 1 amide bonds. The number of hydrogen-bond donors (Lipinski definition) is 1. The van der Waals surface area contributed by atoms with Crippen molar-refractivity contribution < 1.29 is 23.1 Å². The van der Waals surface area contributed by atoms with Crippen LogP contribution in [0, 0.1) is 11.8 Å². The van der Waals surface area contributed by atoms with E-state index in [4.69, 9.17) is 5.11 Å². The summed E-state index contributed by atoms with van der Waals surface area (Å²) in [6.45, 7) is -0.0315. The predicted octanol–water partition coefficient (Wildman–Crippen LogP) is 2.73. The van der Waals surface area contributed by atoms with Gasteiger partial charge in [-0.2, -0.15) is 13.2 Å². The SMILES string of the molecule is O=C(C1CCCCC1C(F)(F)F)N(CCO)C1CCC1. The fourth-order valence-corrected chi connectivity index (χ4v) is 3.31. The van der Waals surface area contributed by atoms with Gasteiger partial charge < -0.3 is 10.0 Å². The summed E-state index contributed by atoms with van der Waals surface area (Å²) in [5, 5.41) is 9.06. The van der Waals surface area contributed by atoms with Gasteiger partial charge in [0.15, 0.2) is 0 Å². The van der Waals surface area contributed by atoms with Crippen molar-refractivity contribution in [1.82, 2.24) is 4.90 Å². The highest BCUT2D eigenvalue weighted by Gasteiger charge is 2.49. The fourth-order valence-electron chi connectivity index (χ4n) is 3.31. The Morgan fingerprint density at radius 3 is 2.25 bits per heavy atom. The third-order valence-corrected chi connectivity index (χ3v) is 4.64. The van der Waals surface area contributed by atoms with Gasteiger partial charge in [0, 0.05) is 18.5 Å². The number of amides is 1. The number of alkyl halides is 3. The van der Waals surface area contributed by atoms with E-state index in [9.17, 15) is 18.0 Å². The van der Waals surface area contributed by atoms with E-state index >= 15 is 0 Å². The lowest BCUT2D eigenvalue weighted by atomic mass is 9.77. The van der Waals surface area contributed by atoms with Crippen LogP contribution < -0.4 is 0 Å². The highest BCUT2D eigenvalue weighted by atomic mass is 19.4. The Kier molecular flexibility index (Phi) is 4.94. The first-order valence-corrected chi connectivity index (χ1v) is 7.43. The average molecular weight is 293 g/mol. The summed E-state index contributed by atoms with van der Waals surface area (Å²) in [6, 6.07) is 0.0328. The van der Waals surface area contributed by atoms with Crippen LogP contribution in [0.2, 0.25) is 0 Å². The van der Waals surface area contributed by atoms with E-state index in [2.05, 4.69) is 0 Å². The summed E-state index contributed by atoms with van der Waals surface area (Å²) in [4.78, 5) is 14.0. The van der Waals surface area contributed by atoms with Gasteiger partial charge in [-0.25, -0.2) is 0 Å². The van der Waals surface area contributed by atoms with Gasteiger partial charge in [-0.3, -0.25) is 4.79 Å². The van der Waals surface area contributed by atoms with Gasteiger partial charge in [0.1, 0.15) is 0 Å². The van der Waals surface area contributed by atoms with Crippen LogP contribution >= 0.6 is 0 Å². The molecule has 0 spiro atoms. The summed E-state index contributed by atoms with van der Waals surface area (Å²) in [7, 11) is 0. The highest BCUT2D eigenvalue weighted by Crippen LogP contribution is 2.43. The minimum absolute atomic E-state index is 0.0328. The van der Waals surface area contributed by atoms with E-state index in [1.54, 1.807) is 0 Å². The normalized spacial score (nSPS) is 28.0. The molecule has 116 valence electrons. The Bertz CT molecular complexity index is 342. The first-order valence-electron chi connectivity index (χ1n) is 7.43. The lowest BCUT2D eigenvalue weighted by molar-refractivity contribution is -0.202. The summed E-state index contributed by atoms with van der Waals surface area (Å²) < 4.78 is 39.2. The van der Waals surface area contributed by atoms with Crippen molar-refractivity contribution in [2.24, 2.45) is 11.8 Å². The van der Waals surface area contributed by atoms with Crippen molar-refractivity contribution in [3.63, 3.8) is 0 Å². The molecule has 2 unspecified atom stereocenters. The highest BCUT2D eigenvalue weighted by molar-refractivity contribution is 5.79. The number of aliphatic hydroxyl groups is 1. The molecule has 2 saturated carbocycles. The molecule has 1 N–H and O–H groups in total. The lowest BCUT2D eigenvalue weighted by Gasteiger charge is -2.42. The Hall–Kier alpha value is -0.780. The maximum atomic E-state index is 13.1. The van der Waals surface area contributed by atoms with E-state index < -0.39 is 23.9 Å². The van der Waals surface area contributed by atoms with Gasteiger partial charge in [0.05, 0.1) is 12.5 Å². The van der Waals surface area contributed by atoms with E-state index in [1.165, 1.54) is 4.90 Å². The molecule has 2 aliphatic rings. The zero-order chi connectivity index (χ0) is 14.8. The number of carbonyl (C=O) groups is 1. The quantitative estimate of drug-likeness (QED) is 0.866. The summed E-state index contributed by atoms with van der Waals surface area (Å²) >= 11 is 0. The molecule has 3 nitrogen and oxygen atoms in total. The van der Waals surface area contributed by atoms with Gasteiger partial charge in [-0.05, 0) is 32.1 Å². The Morgan fingerprint density at radius 1 is 1.10 bits per heavy atom. The van der Waals surface area contributed by atoms with Crippen LogP contribution in [-0.2, 0) is 4.79 Å². The molecule has 0 aromatic heterocycles. The zero-order valence-electron chi connectivity index (χ0n) is 11.5. The second-order valence-electron chi connectivity index (χ2n) is 5.88. The van der Waals surface area contributed by atoms with Crippen LogP contribution in [0.25, 0.3) is 0 Å². The smallest absolute Gasteiger partial charge is 0.392 e. The molecule has 0 radical (unpaired) electrons. The predicted molar refractivity (Wildman–Crippen MR) is 67.9 cm³/mol. The average Bonchev–Trinajstić information content (AvgIpc) is 2.34. The number of aliphatic hydroxyl groups excluding tert-OH is 1. The summed E-state index contributed by atoms with van der Waals surface area (Å²) in [6.07, 6.45) is -0.0179. The van der Waals surface area contributed by atoms with Crippen molar-refractivity contribution in [1.29, 1.82) is 0 Å². The summed E-state index contributed by atoms with van der Waals surface area (Å²) in [5.41, 5.74) is 0.